The second-order valence-corrected chi connectivity index (χ2v) is 20.0. The summed E-state index contributed by atoms with van der Waals surface area (Å²) in [7, 11) is -2.71. The van der Waals surface area contributed by atoms with E-state index in [9.17, 15) is 0 Å². The highest BCUT2D eigenvalue weighted by Gasteiger charge is 2.49. The van der Waals surface area contributed by atoms with E-state index in [2.05, 4.69) is 244 Å². The molecule has 0 radical (unpaired) electrons. The lowest BCUT2D eigenvalue weighted by Crippen LogP contribution is -2.77. The third-order valence-electron chi connectivity index (χ3n) is 11.0. The number of benzene rings is 8. The lowest BCUT2D eigenvalue weighted by molar-refractivity contribution is 0.487. The summed E-state index contributed by atoms with van der Waals surface area (Å²) in [4.78, 5) is 2.46. The van der Waals surface area contributed by atoms with Gasteiger partial charge in [-0.2, -0.15) is 0 Å². The van der Waals surface area contributed by atoms with E-state index in [4.69, 9.17) is 4.74 Å². The lowest BCUT2D eigenvalue weighted by Gasteiger charge is -2.45. The first-order chi connectivity index (χ1) is 26.6. The molecule has 0 atom stereocenters. The topological polar surface area (TPSA) is 12.5 Å². The molecule has 0 unspecified atom stereocenters. The van der Waals surface area contributed by atoms with E-state index < -0.39 is 8.07 Å². The molecule has 2 nitrogen and oxygen atoms in total. The van der Waals surface area contributed by atoms with Crippen LogP contribution in [0.2, 0.25) is 0 Å². The molecule has 256 valence electrons. The van der Waals surface area contributed by atoms with Gasteiger partial charge in [0, 0.05) is 30.3 Å². The van der Waals surface area contributed by atoms with Gasteiger partial charge >= 0.3 is 0 Å². The second kappa shape index (κ2) is 13.7. The van der Waals surface area contributed by atoms with Gasteiger partial charge < -0.3 is 9.64 Å². The van der Waals surface area contributed by atoms with Crippen molar-refractivity contribution in [3.63, 3.8) is 0 Å². The maximum absolute atomic E-state index is 6.90. The SMILES string of the molecule is Ic1cc(I)c(B2c3ccccc3Oc3cc(N4c5ccccc5[Si](c5ccccc5)(c5ccccc5)c5ccccc54)ccc32)c(-c2ccccc2)c1. The zero-order valence-electron chi connectivity index (χ0n) is 29.2. The van der Waals surface area contributed by atoms with Gasteiger partial charge in [-0.3, -0.25) is 0 Å². The number of hydrogen-bond donors (Lipinski definition) is 0. The van der Waals surface area contributed by atoms with Crippen LogP contribution in [0.15, 0.2) is 194 Å². The minimum absolute atomic E-state index is 0.00440. The van der Waals surface area contributed by atoms with Gasteiger partial charge in [0.25, 0.3) is 6.71 Å². The van der Waals surface area contributed by atoms with Crippen molar-refractivity contribution in [1.82, 2.24) is 0 Å². The van der Waals surface area contributed by atoms with E-state index >= 15 is 0 Å². The van der Waals surface area contributed by atoms with Gasteiger partial charge in [-0.25, -0.2) is 0 Å². The van der Waals surface area contributed by atoms with Crippen molar-refractivity contribution in [3.05, 3.63) is 201 Å². The van der Waals surface area contributed by atoms with Crippen molar-refractivity contribution in [2.75, 3.05) is 4.90 Å². The lowest BCUT2D eigenvalue weighted by atomic mass is 9.35. The maximum atomic E-state index is 6.90. The monoisotopic (exact) mass is 931 g/mol. The number of halogens is 2. The largest absolute Gasteiger partial charge is 0.458 e. The third kappa shape index (κ3) is 5.33. The van der Waals surface area contributed by atoms with Crippen molar-refractivity contribution < 1.29 is 4.74 Å². The van der Waals surface area contributed by atoms with Gasteiger partial charge in [-0.05, 0) is 130 Å². The maximum Gasteiger partial charge on any atom is 0.253 e. The van der Waals surface area contributed by atoms with Crippen LogP contribution < -0.4 is 46.8 Å². The molecule has 0 N–H and O–H groups in total. The number of anilines is 3. The van der Waals surface area contributed by atoms with Gasteiger partial charge in [-0.1, -0.05) is 152 Å². The molecular formula is C48H32BI2NOSi. The van der Waals surface area contributed by atoms with E-state index in [1.807, 2.05) is 0 Å². The zero-order chi connectivity index (χ0) is 36.2. The molecular weight excluding hydrogens is 899 g/mol. The predicted octanol–water partition coefficient (Wildman–Crippen LogP) is 8.35. The van der Waals surface area contributed by atoms with Crippen LogP contribution in [0.4, 0.5) is 17.1 Å². The molecule has 0 fully saturated rings. The highest BCUT2D eigenvalue weighted by molar-refractivity contribution is 14.1. The molecule has 2 aliphatic heterocycles. The molecule has 0 bridgehead atoms. The van der Waals surface area contributed by atoms with Gasteiger partial charge in [0.2, 0.25) is 0 Å². The Labute approximate surface area is 344 Å². The van der Waals surface area contributed by atoms with E-state index in [1.165, 1.54) is 66.8 Å². The molecule has 0 saturated heterocycles. The van der Waals surface area contributed by atoms with Crippen LogP contribution in [0.5, 0.6) is 11.5 Å². The Morgan fingerprint density at radius 2 is 1.02 bits per heavy atom. The summed E-state index contributed by atoms with van der Waals surface area (Å²) in [5.41, 5.74) is 9.64. The quantitative estimate of drug-likeness (QED) is 0.127. The van der Waals surface area contributed by atoms with Crippen molar-refractivity contribution in [2.24, 2.45) is 0 Å². The first-order valence-electron chi connectivity index (χ1n) is 18.2. The Balaban J connectivity index is 1.20. The van der Waals surface area contributed by atoms with Gasteiger partial charge in [-0.15, -0.1) is 0 Å². The van der Waals surface area contributed by atoms with Crippen LogP contribution in [0.3, 0.4) is 0 Å². The van der Waals surface area contributed by atoms with Crippen molar-refractivity contribution in [3.8, 4) is 22.6 Å². The fourth-order valence-electron chi connectivity index (χ4n) is 8.82. The number of para-hydroxylation sites is 3. The molecule has 6 heteroatoms. The molecule has 0 aromatic heterocycles. The number of fused-ring (bicyclic) bond motifs is 4. The Hall–Kier alpha value is -4.90. The molecule has 2 heterocycles. The summed E-state index contributed by atoms with van der Waals surface area (Å²) in [5, 5.41) is 5.52. The number of rotatable bonds is 5. The highest BCUT2D eigenvalue weighted by Crippen LogP contribution is 2.40. The van der Waals surface area contributed by atoms with E-state index in [-0.39, 0.29) is 6.71 Å². The van der Waals surface area contributed by atoms with Crippen molar-refractivity contribution in [1.29, 1.82) is 0 Å². The fourth-order valence-corrected chi connectivity index (χ4v) is 16.1. The standard InChI is InChI=1S/C48H32BI2NOSi/c50-34-30-38(33-16-4-1-5-17-33)48(41(51)31-34)49-39-22-10-13-25-44(39)53-45-32-35(28-29-40(45)49)52-42-23-11-14-26-46(42)54(36-18-6-2-7-19-36,37-20-8-3-9-21-37)47-27-15-12-24-43(47)52/h1-32H. The normalized spacial score (nSPS) is 13.6. The number of hydrogen-bond acceptors (Lipinski definition) is 2. The molecule has 8 aromatic rings. The predicted molar refractivity (Wildman–Crippen MR) is 247 cm³/mol. The third-order valence-corrected chi connectivity index (χ3v) is 17.4. The zero-order valence-corrected chi connectivity index (χ0v) is 34.5. The molecule has 2 aliphatic rings. The van der Waals surface area contributed by atoms with Gasteiger partial charge in [0.15, 0.2) is 8.07 Å². The number of ether oxygens (including phenoxy) is 1. The van der Waals surface area contributed by atoms with E-state index in [1.54, 1.807) is 0 Å². The molecule has 54 heavy (non-hydrogen) atoms. The van der Waals surface area contributed by atoms with Crippen LogP contribution in [0, 0.1) is 7.14 Å². The summed E-state index contributed by atoms with van der Waals surface area (Å²) in [5.74, 6) is 1.79. The highest BCUT2D eigenvalue weighted by atomic mass is 127. The first kappa shape index (κ1) is 33.7. The molecule has 0 aliphatic carbocycles. The van der Waals surface area contributed by atoms with Crippen molar-refractivity contribution >= 4 is 114 Å². The summed E-state index contributed by atoms with van der Waals surface area (Å²) >= 11 is 5.00. The molecule has 0 spiro atoms. The molecule has 0 amide bonds. The van der Waals surface area contributed by atoms with E-state index in [0.29, 0.717) is 0 Å². The van der Waals surface area contributed by atoms with Gasteiger partial charge in [0.1, 0.15) is 11.5 Å². The van der Waals surface area contributed by atoms with Crippen LogP contribution in [0.1, 0.15) is 0 Å². The molecule has 8 aromatic carbocycles. The fraction of sp³-hybridized carbons (Fsp3) is 0. The van der Waals surface area contributed by atoms with Crippen LogP contribution in [-0.4, -0.2) is 14.8 Å². The van der Waals surface area contributed by atoms with Crippen LogP contribution in [-0.2, 0) is 0 Å². The summed E-state index contributed by atoms with van der Waals surface area (Å²) in [6, 6.07) is 71.4. The average molecular weight is 931 g/mol. The Morgan fingerprint density at radius 3 is 1.67 bits per heavy atom. The smallest absolute Gasteiger partial charge is 0.253 e. The number of nitrogens with zero attached hydrogens (tertiary/aromatic N) is 1. The summed E-state index contributed by atoms with van der Waals surface area (Å²) in [6.07, 6.45) is 0. The Morgan fingerprint density at radius 1 is 0.481 bits per heavy atom. The minimum atomic E-state index is -2.71. The van der Waals surface area contributed by atoms with Gasteiger partial charge in [0.05, 0.1) is 0 Å². The molecule has 10 rings (SSSR count). The van der Waals surface area contributed by atoms with Crippen molar-refractivity contribution in [2.45, 2.75) is 0 Å². The molecule has 0 saturated carbocycles. The van der Waals surface area contributed by atoms with Crippen LogP contribution >= 0.6 is 45.2 Å². The second-order valence-electron chi connectivity index (χ2n) is 13.9. The average Bonchev–Trinajstić information content (AvgIpc) is 3.23. The Bertz CT molecular complexity index is 2600. The van der Waals surface area contributed by atoms with Crippen LogP contribution in [0.25, 0.3) is 11.1 Å². The summed E-state index contributed by atoms with van der Waals surface area (Å²) < 4.78 is 9.38. The van der Waals surface area contributed by atoms with E-state index in [0.717, 1.165) is 17.2 Å². The Kier molecular flexibility index (Phi) is 8.57. The first-order valence-corrected chi connectivity index (χ1v) is 22.3. The summed E-state index contributed by atoms with van der Waals surface area (Å²) in [6.45, 7) is -0.00440. The minimum Gasteiger partial charge on any atom is -0.458 e.